The molecule has 1 saturated heterocycles. The van der Waals surface area contributed by atoms with E-state index in [0.29, 0.717) is 24.7 Å². The molecule has 2 saturated carbocycles. The number of hydrogen-bond donors (Lipinski definition) is 2. The highest BCUT2D eigenvalue weighted by Crippen LogP contribution is 2.32. The third kappa shape index (κ3) is 4.67. The second-order valence-electron chi connectivity index (χ2n) is 8.06. The minimum Gasteiger partial charge on any atom is -0.352 e. The van der Waals surface area contributed by atoms with E-state index in [1.54, 1.807) is 12.1 Å². The zero-order valence-corrected chi connectivity index (χ0v) is 15.6. The lowest BCUT2D eigenvalue weighted by Gasteiger charge is -2.32. The lowest BCUT2D eigenvalue weighted by atomic mass is 9.96. The van der Waals surface area contributed by atoms with Gasteiger partial charge in [-0.15, -0.1) is 0 Å². The molecule has 6 heteroatoms. The highest BCUT2D eigenvalue weighted by Gasteiger charge is 2.36. The minimum absolute atomic E-state index is 0.0128. The van der Waals surface area contributed by atoms with Crippen LogP contribution in [0.3, 0.4) is 0 Å². The molecule has 1 atom stereocenters. The Kier molecular flexibility index (Phi) is 5.14. The molecule has 1 aliphatic heterocycles. The van der Waals surface area contributed by atoms with Gasteiger partial charge in [0.2, 0.25) is 11.8 Å². The summed E-state index contributed by atoms with van der Waals surface area (Å²) in [5.74, 6) is 0.301. The molecule has 2 aliphatic carbocycles. The smallest absolute Gasteiger partial charge is 0.251 e. The van der Waals surface area contributed by atoms with Gasteiger partial charge in [-0.25, -0.2) is 0 Å². The van der Waals surface area contributed by atoms with Gasteiger partial charge in [-0.2, -0.15) is 0 Å². The van der Waals surface area contributed by atoms with Crippen LogP contribution in [0.25, 0.3) is 0 Å². The summed E-state index contributed by atoms with van der Waals surface area (Å²) in [6.07, 6.45) is 5.87. The number of likely N-dealkylation sites (tertiary alicyclic amines) is 1. The maximum absolute atomic E-state index is 12.5. The molecule has 1 heterocycles. The Morgan fingerprint density at radius 3 is 2.37 bits per heavy atom. The molecule has 144 valence electrons. The average molecular weight is 369 g/mol. The van der Waals surface area contributed by atoms with Gasteiger partial charge >= 0.3 is 0 Å². The van der Waals surface area contributed by atoms with Crippen molar-refractivity contribution in [3.8, 4) is 0 Å². The Morgan fingerprint density at radius 1 is 0.963 bits per heavy atom. The average Bonchev–Trinajstić information content (AvgIpc) is 3.60. The van der Waals surface area contributed by atoms with Gasteiger partial charge in [0.25, 0.3) is 5.91 Å². The number of amides is 3. The van der Waals surface area contributed by atoms with E-state index in [1.807, 2.05) is 17.0 Å². The van der Waals surface area contributed by atoms with Gasteiger partial charge in [0.15, 0.2) is 0 Å². The van der Waals surface area contributed by atoms with Crippen LogP contribution in [0, 0.1) is 11.8 Å². The molecular weight excluding hydrogens is 342 g/mol. The van der Waals surface area contributed by atoms with Crippen molar-refractivity contribution in [2.75, 3.05) is 13.1 Å². The molecule has 0 radical (unpaired) electrons. The largest absolute Gasteiger partial charge is 0.352 e. The second-order valence-corrected chi connectivity index (χ2v) is 8.06. The Morgan fingerprint density at radius 2 is 1.70 bits per heavy atom. The van der Waals surface area contributed by atoms with Crippen LogP contribution >= 0.6 is 0 Å². The zero-order valence-electron chi connectivity index (χ0n) is 15.6. The highest BCUT2D eigenvalue weighted by atomic mass is 16.2. The number of hydrogen-bond acceptors (Lipinski definition) is 3. The SMILES string of the molecule is O=C(NC1CC1)c1ccc(CNC(=O)C2CCCN(C(=O)C3CC3)C2)cc1. The molecule has 1 unspecified atom stereocenters. The van der Waals surface area contributed by atoms with Crippen LogP contribution in [0.5, 0.6) is 0 Å². The van der Waals surface area contributed by atoms with E-state index in [-0.39, 0.29) is 29.6 Å². The van der Waals surface area contributed by atoms with Gasteiger partial charge in [0.1, 0.15) is 0 Å². The molecular formula is C21H27N3O3. The lowest BCUT2D eigenvalue weighted by Crippen LogP contribution is -2.45. The van der Waals surface area contributed by atoms with Crippen molar-refractivity contribution in [3.63, 3.8) is 0 Å². The van der Waals surface area contributed by atoms with Crippen LogP contribution in [-0.4, -0.2) is 41.8 Å². The van der Waals surface area contributed by atoms with Crippen molar-refractivity contribution in [2.24, 2.45) is 11.8 Å². The van der Waals surface area contributed by atoms with E-state index in [1.165, 1.54) is 0 Å². The fourth-order valence-electron chi connectivity index (χ4n) is 3.58. The zero-order chi connectivity index (χ0) is 18.8. The van der Waals surface area contributed by atoms with Gasteiger partial charge in [0, 0.05) is 37.2 Å². The van der Waals surface area contributed by atoms with Gasteiger partial charge in [-0.3, -0.25) is 14.4 Å². The summed E-state index contributed by atoms with van der Waals surface area (Å²) < 4.78 is 0. The first-order chi connectivity index (χ1) is 13.1. The van der Waals surface area contributed by atoms with Crippen LogP contribution in [0.2, 0.25) is 0 Å². The number of nitrogens with zero attached hydrogens (tertiary/aromatic N) is 1. The van der Waals surface area contributed by atoms with Crippen molar-refractivity contribution < 1.29 is 14.4 Å². The van der Waals surface area contributed by atoms with E-state index in [4.69, 9.17) is 0 Å². The predicted octanol–water partition coefficient (Wildman–Crippen LogP) is 1.84. The van der Waals surface area contributed by atoms with Crippen molar-refractivity contribution in [2.45, 2.75) is 51.1 Å². The van der Waals surface area contributed by atoms with Gasteiger partial charge in [0.05, 0.1) is 5.92 Å². The fraction of sp³-hybridized carbons (Fsp3) is 0.571. The van der Waals surface area contributed by atoms with Crippen molar-refractivity contribution in [1.82, 2.24) is 15.5 Å². The van der Waals surface area contributed by atoms with E-state index < -0.39 is 0 Å². The molecule has 4 rings (SSSR count). The van der Waals surface area contributed by atoms with E-state index >= 15 is 0 Å². The molecule has 1 aromatic carbocycles. The quantitative estimate of drug-likeness (QED) is 0.803. The number of carbonyl (C=O) groups is 3. The summed E-state index contributed by atoms with van der Waals surface area (Å²) in [5, 5.41) is 5.95. The van der Waals surface area contributed by atoms with Crippen LogP contribution in [0.1, 0.15) is 54.4 Å². The van der Waals surface area contributed by atoms with E-state index in [9.17, 15) is 14.4 Å². The molecule has 27 heavy (non-hydrogen) atoms. The minimum atomic E-state index is -0.120. The summed E-state index contributed by atoms with van der Waals surface area (Å²) in [4.78, 5) is 38.6. The van der Waals surface area contributed by atoms with Crippen molar-refractivity contribution >= 4 is 17.7 Å². The molecule has 1 aromatic rings. The summed E-state index contributed by atoms with van der Waals surface area (Å²) in [6.45, 7) is 1.77. The molecule has 3 amide bonds. The molecule has 6 nitrogen and oxygen atoms in total. The van der Waals surface area contributed by atoms with E-state index in [2.05, 4.69) is 10.6 Å². The fourth-order valence-corrected chi connectivity index (χ4v) is 3.58. The first kappa shape index (κ1) is 18.0. The molecule has 3 fully saturated rings. The third-order valence-electron chi connectivity index (χ3n) is 5.63. The second kappa shape index (κ2) is 7.71. The third-order valence-corrected chi connectivity index (χ3v) is 5.63. The monoisotopic (exact) mass is 369 g/mol. The van der Waals surface area contributed by atoms with Crippen LogP contribution < -0.4 is 10.6 Å². The number of nitrogens with one attached hydrogen (secondary N) is 2. The van der Waals surface area contributed by atoms with Crippen LogP contribution in [-0.2, 0) is 16.1 Å². The van der Waals surface area contributed by atoms with E-state index in [0.717, 1.165) is 50.6 Å². The Balaban J connectivity index is 1.25. The molecule has 0 bridgehead atoms. The maximum Gasteiger partial charge on any atom is 0.251 e. The molecule has 0 spiro atoms. The molecule has 3 aliphatic rings. The molecule has 0 aromatic heterocycles. The van der Waals surface area contributed by atoms with Gasteiger partial charge in [-0.1, -0.05) is 12.1 Å². The Bertz CT molecular complexity index is 723. The highest BCUT2D eigenvalue weighted by molar-refractivity contribution is 5.94. The molecule has 2 N–H and O–H groups in total. The topological polar surface area (TPSA) is 78.5 Å². The lowest BCUT2D eigenvalue weighted by molar-refractivity contribution is -0.136. The summed E-state index contributed by atoms with van der Waals surface area (Å²) in [7, 11) is 0. The maximum atomic E-state index is 12.5. The number of benzene rings is 1. The van der Waals surface area contributed by atoms with Crippen molar-refractivity contribution in [3.05, 3.63) is 35.4 Å². The number of piperidine rings is 1. The van der Waals surface area contributed by atoms with Crippen LogP contribution in [0.4, 0.5) is 0 Å². The van der Waals surface area contributed by atoms with Gasteiger partial charge in [-0.05, 0) is 56.2 Å². The number of rotatable bonds is 6. The Hall–Kier alpha value is -2.37. The predicted molar refractivity (Wildman–Crippen MR) is 101 cm³/mol. The Labute approximate surface area is 159 Å². The van der Waals surface area contributed by atoms with Gasteiger partial charge < -0.3 is 15.5 Å². The van der Waals surface area contributed by atoms with Crippen LogP contribution in [0.15, 0.2) is 24.3 Å². The normalized spacial score (nSPS) is 22.2. The summed E-state index contributed by atoms with van der Waals surface area (Å²) in [6, 6.07) is 7.71. The standard InChI is InChI=1S/C21H27N3O3/c25-19(17-2-1-11-24(13-17)21(27)16-7-8-16)22-12-14-3-5-15(6-4-14)20(26)23-18-9-10-18/h3-6,16-18H,1-2,7-13H2,(H,22,25)(H,23,26). The first-order valence-corrected chi connectivity index (χ1v) is 10.1. The number of carbonyl (C=O) groups excluding carboxylic acids is 3. The van der Waals surface area contributed by atoms with Crippen molar-refractivity contribution in [1.29, 1.82) is 0 Å². The summed E-state index contributed by atoms with van der Waals surface area (Å²) in [5.41, 5.74) is 1.62. The first-order valence-electron chi connectivity index (χ1n) is 10.1. The summed E-state index contributed by atoms with van der Waals surface area (Å²) >= 11 is 0.